The summed E-state index contributed by atoms with van der Waals surface area (Å²) in [6, 6.07) is 3.69. The van der Waals surface area contributed by atoms with E-state index in [4.69, 9.17) is 23.1 Å². The third-order valence-corrected chi connectivity index (χ3v) is 5.11. The van der Waals surface area contributed by atoms with Gasteiger partial charge in [-0.3, -0.25) is 28.4 Å². The van der Waals surface area contributed by atoms with Gasteiger partial charge in [0.2, 0.25) is 5.91 Å². The third kappa shape index (κ3) is 5.39. The molecule has 4 N–H and O–H groups in total. The van der Waals surface area contributed by atoms with Crippen LogP contribution in [0.15, 0.2) is 27.8 Å². The molecule has 0 spiro atoms. The highest BCUT2D eigenvalue weighted by Gasteiger charge is 2.25. The summed E-state index contributed by atoms with van der Waals surface area (Å²) in [7, 11) is 0. The SMILES string of the molecule is CCn1c(=O)c(C(=O)CN(CC(N)=O)C(C)C)c(N)n(Cc2ccc(F)c(Cl)c2)c1=O. The number of carbonyl (C=O) groups is 2. The van der Waals surface area contributed by atoms with E-state index < -0.39 is 28.8 Å². The van der Waals surface area contributed by atoms with Crippen LogP contribution in [0.25, 0.3) is 0 Å². The standard InChI is InChI=1S/C20H25ClFN5O4/c1-4-26-19(30)17(15(28)9-25(11(2)3)10-16(23)29)18(24)27(20(26)31)8-12-5-6-14(22)13(21)7-12/h5-7,11H,4,8-10,24H2,1-3H3,(H2,23,29). The number of ketones is 1. The first-order valence-corrected chi connectivity index (χ1v) is 9.98. The molecule has 0 bridgehead atoms. The fraction of sp³-hybridized carbons (Fsp3) is 0.400. The van der Waals surface area contributed by atoms with Crippen LogP contribution in [-0.2, 0) is 17.9 Å². The van der Waals surface area contributed by atoms with Crippen molar-refractivity contribution in [2.75, 3.05) is 18.8 Å². The van der Waals surface area contributed by atoms with Crippen molar-refractivity contribution in [3.63, 3.8) is 0 Å². The van der Waals surface area contributed by atoms with E-state index in [1.54, 1.807) is 20.8 Å². The Labute approximate surface area is 183 Å². The molecular weight excluding hydrogens is 429 g/mol. The molecule has 2 aromatic rings. The van der Waals surface area contributed by atoms with E-state index in [-0.39, 0.29) is 48.6 Å². The van der Waals surface area contributed by atoms with Crippen molar-refractivity contribution < 1.29 is 14.0 Å². The zero-order chi connectivity index (χ0) is 23.5. The van der Waals surface area contributed by atoms with Gasteiger partial charge in [0.15, 0.2) is 5.78 Å². The minimum absolute atomic E-state index is 0.0115. The van der Waals surface area contributed by atoms with Crippen LogP contribution < -0.4 is 22.7 Å². The summed E-state index contributed by atoms with van der Waals surface area (Å²) in [6.07, 6.45) is 0. The molecule has 9 nitrogen and oxygen atoms in total. The van der Waals surface area contributed by atoms with Gasteiger partial charge in [-0.05, 0) is 38.5 Å². The predicted molar refractivity (Wildman–Crippen MR) is 116 cm³/mol. The Bertz CT molecular complexity index is 1130. The van der Waals surface area contributed by atoms with Crippen molar-refractivity contribution in [1.29, 1.82) is 0 Å². The summed E-state index contributed by atoms with van der Waals surface area (Å²) in [5.74, 6) is -2.21. The van der Waals surface area contributed by atoms with Crippen LogP contribution in [0.4, 0.5) is 10.2 Å². The van der Waals surface area contributed by atoms with Crippen molar-refractivity contribution in [3.05, 3.63) is 61.0 Å². The summed E-state index contributed by atoms with van der Waals surface area (Å²) in [4.78, 5) is 51.4. The highest BCUT2D eigenvalue weighted by Crippen LogP contribution is 2.18. The van der Waals surface area contributed by atoms with Gasteiger partial charge in [0.25, 0.3) is 5.56 Å². The van der Waals surface area contributed by atoms with Gasteiger partial charge in [-0.25, -0.2) is 9.18 Å². The topological polar surface area (TPSA) is 133 Å². The Morgan fingerprint density at radius 3 is 2.35 bits per heavy atom. The molecule has 2 rings (SSSR count). The van der Waals surface area contributed by atoms with Gasteiger partial charge in [-0.2, -0.15) is 0 Å². The number of rotatable bonds is 9. The van der Waals surface area contributed by atoms with Crippen molar-refractivity contribution in [3.8, 4) is 0 Å². The molecule has 1 aromatic heterocycles. The van der Waals surface area contributed by atoms with Gasteiger partial charge in [-0.15, -0.1) is 0 Å². The average Bonchev–Trinajstić information content (AvgIpc) is 2.67. The van der Waals surface area contributed by atoms with E-state index in [1.807, 2.05) is 0 Å². The number of amides is 1. The number of carbonyl (C=O) groups excluding carboxylic acids is 2. The highest BCUT2D eigenvalue weighted by atomic mass is 35.5. The average molecular weight is 454 g/mol. The molecule has 168 valence electrons. The number of Topliss-reactive ketones (excluding diaryl/α,β-unsaturated/α-hetero) is 1. The van der Waals surface area contributed by atoms with Crippen LogP contribution in [-0.4, -0.2) is 44.9 Å². The van der Waals surface area contributed by atoms with E-state index in [2.05, 4.69) is 0 Å². The molecule has 1 heterocycles. The van der Waals surface area contributed by atoms with Crippen LogP contribution in [0.3, 0.4) is 0 Å². The molecular formula is C20H25ClFN5O4. The van der Waals surface area contributed by atoms with Gasteiger partial charge in [0.1, 0.15) is 17.2 Å². The number of halogens is 2. The van der Waals surface area contributed by atoms with Gasteiger partial charge in [0.05, 0.1) is 24.7 Å². The minimum atomic E-state index is -0.814. The number of benzene rings is 1. The normalized spacial score (nSPS) is 11.3. The second-order valence-electron chi connectivity index (χ2n) is 7.32. The molecule has 0 radical (unpaired) electrons. The van der Waals surface area contributed by atoms with Crippen LogP contribution in [0.5, 0.6) is 0 Å². The molecule has 0 saturated carbocycles. The largest absolute Gasteiger partial charge is 0.384 e. The summed E-state index contributed by atoms with van der Waals surface area (Å²) in [5, 5.41) is -0.136. The maximum absolute atomic E-state index is 13.5. The smallest absolute Gasteiger partial charge is 0.332 e. The molecule has 0 unspecified atom stereocenters. The lowest BCUT2D eigenvalue weighted by molar-refractivity contribution is -0.119. The van der Waals surface area contributed by atoms with Crippen molar-refractivity contribution >= 4 is 29.1 Å². The molecule has 0 aliphatic carbocycles. The quantitative estimate of drug-likeness (QED) is 0.540. The second-order valence-corrected chi connectivity index (χ2v) is 7.72. The number of primary amides is 1. The first kappa shape index (κ1) is 24.3. The minimum Gasteiger partial charge on any atom is -0.384 e. The maximum Gasteiger partial charge on any atom is 0.332 e. The zero-order valence-electron chi connectivity index (χ0n) is 17.5. The molecule has 1 amide bonds. The molecule has 11 heteroatoms. The van der Waals surface area contributed by atoms with Crippen LogP contribution in [0, 0.1) is 5.82 Å². The van der Waals surface area contributed by atoms with Crippen LogP contribution >= 0.6 is 11.6 Å². The number of hydrogen-bond donors (Lipinski definition) is 2. The first-order chi connectivity index (χ1) is 14.5. The van der Waals surface area contributed by atoms with E-state index in [1.165, 1.54) is 17.0 Å². The number of nitrogens with zero attached hydrogens (tertiary/aromatic N) is 3. The Hall–Kier alpha value is -2.98. The highest BCUT2D eigenvalue weighted by molar-refractivity contribution is 6.30. The van der Waals surface area contributed by atoms with Gasteiger partial charge < -0.3 is 11.5 Å². The van der Waals surface area contributed by atoms with Gasteiger partial charge in [-0.1, -0.05) is 17.7 Å². The first-order valence-electron chi connectivity index (χ1n) is 9.60. The monoisotopic (exact) mass is 453 g/mol. The van der Waals surface area contributed by atoms with Gasteiger partial charge in [0, 0.05) is 12.6 Å². The van der Waals surface area contributed by atoms with Gasteiger partial charge >= 0.3 is 5.69 Å². The number of hydrogen-bond acceptors (Lipinski definition) is 6. The molecule has 0 aliphatic rings. The molecule has 1 aromatic carbocycles. The maximum atomic E-state index is 13.5. The van der Waals surface area contributed by atoms with Crippen molar-refractivity contribution in [2.24, 2.45) is 5.73 Å². The molecule has 0 saturated heterocycles. The second kappa shape index (κ2) is 9.88. The van der Waals surface area contributed by atoms with Crippen molar-refractivity contribution in [1.82, 2.24) is 14.0 Å². The van der Waals surface area contributed by atoms with E-state index in [0.29, 0.717) is 5.56 Å². The van der Waals surface area contributed by atoms with E-state index >= 15 is 0 Å². The number of nitrogens with two attached hydrogens (primary N) is 2. The summed E-state index contributed by atoms with van der Waals surface area (Å²) >= 11 is 5.81. The number of nitrogen functional groups attached to an aromatic ring is 1. The van der Waals surface area contributed by atoms with E-state index in [0.717, 1.165) is 15.2 Å². The van der Waals surface area contributed by atoms with Crippen LogP contribution in [0.2, 0.25) is 5.02 Å². The summed E-state index contributed by atoms with van der Waals surface area (Å²) < 4.78 is 15.4. The zero-order valence-corrected chi connectivity index (χ0v) is 18.3. The third-order valence-electron chi connectivity index (χ3n) is 4.82. The summed E-state index contributed by atoms with van der Waals surface area (Å²) in [6.45, 7) is 4.54. The lowest BCUT2D eigenvalue weighted by Gasteiger charge is -2.24. The van der Waals surface area contributed by atoms with Crippen LogP contribution in [0.1, 0.15) is 36.7 Å². The van der Waals surface area contributed by atoms with E-state index in [9.17, 15) is 23.6 Å². The lowest BCUT2D eigenvalue weighted by Crippen LogP contribution is -2.47. The fourth-order valence-electron chi connectivity index (χ4n) is 3.11. The Morgan fingerprint density at radius 2 is 1.84 bits per heavy atom. The Balaban J connectivity index is 2.57. The molecule has 31 heavy (non-hydrogen) atoms. The molecule has 0 atom stereocenters. The predicted octanol–water partition coefficient (Wildman–Crippen LogP) is 0.831. The number of aromatic nitrogens is 2. The summed E-state index contributed by atoms with van der Waals surface area (Å²) in [5.41, 5.74) is 9.91. The Kier molecular flexibility index (Phi) is 7.75. The fourth-order valence-corrected chi connectivity index (χ4v) is 3.32. The molecule has 0 aliphatic heterocycles. The Morgan fingerprint density at radius 1 is 1.19 bits per heavy atom. The van der Waals surface area contributed by atoms with Crippen molar-refractivity contribution in [2.45, 2.75) is 39.9 Å². The molecule has 0 fully saturated rings. The number of anilines is 1. The lowest BCUT2D eigenvalue weighted by atomic mass is 10.1.